The number of aromatic nitrogens is 2. The van der Waals surface area contributed by atoms with Gasteiger partial charge in [0.15, 0.2) is 0 Å². The van der Waals surface area contributed by atoms with E-state index in [9.17, 15) is 0 Å². The van der Waals surface area contributed by atoms with Crippen LogP contribution in [0.3, 0.4) is 0 Å². The van der Waals surface area contributed by atoms with Crippen LogP contribution in [0.15, 0.2) is 6.33 Å². The van der Waals surface area contributed by atoms with Crippen molar-refractivity contribution in [1.29, 1.82) is 0 Å². The van der Waals surface area contributed by atoms with Crippen LogP contribution >= 0.6 is 39.1 Å². The Morgan fingerprint density at radius 2 is 1.92 bits per heavy atom. The molecule has 0 bridgehead atoms. The number of hydrogen-bond acceptors (Lipinski definition) is 2. The van der Waals surface area contributed by atoms with E-state index >= 15 is 0 Å². The third kappa shape index (κ3) is 2.09. The average Bonchev–Trinajstić information content (AvgIpc) is 2.03. The molecule has 0 aliphatic rings. The lowest BCUT2D eigenvalue weighted by Crippen LogP contribution is -1.99. The summed E-state index contributed by atoms with van der Waals surface area (Å²) in [6.07, 6.45) is 1.36. The summed E-state index contributed by atoms with van der Waals surface area (Å²) >= 11 is 15.0. The van der Waals surface area contributed by atoms with Crippen LogP contribution in [0.1, 0.15) is 18.4 Å². The van der Waals surface area contributed by atoms with E-state index < -0.39 is 0 Å². The normalized spacial score (nSPS) is 13.0. The fourth-order valence-corrected chi connectivity index (χ4v) is 1.85. The molecule has 0 fully saturated rings. The maximum atomic E-state index is 5.85. The predicted octanol–water partition coefficient (Wildman–Crippen LogP) is 3.28. The van der Waals surface area contributed by atoms with Gasteiger partial charge in [-0.3, -0.25) is 0 Å². The van der Waals surface area contributed by atoms with Gasteiger partial charge in [-0.15, -0.1) is 0 Å². The molecule has 1 atom stereocenters. The van der Waals surface area contributed by atoms with E-state index in [1.54, 1.807) is 0 Å². The van der Waals surface area contributed by atoms with Crippen molar-refractivity contribution in [2.24, 2.45) is 0 Å². The van der Waals surface area contributed by atoms with E-state index in [1.165, 1.54) is 6.33 Å². The van der Waals surface area contributed by atoms with E-state index in [1.807, 2.05) is 6.92 Å². The Labute approximate surface area is 89.4 Å². The van der Waals surface area contributed by atoms with Crippen molar-refractivity contribution in [2.75, 3.05) is 5.33 Å². The molecule has 0 saturated carbocycles. The quantitative estimate of drug-likeness (QED) is 0.608. The summed E-state index contributed by atoms with van der Waals surface area (Å²) < 4.78 is 0. The Morgan fingerprint density at radius 1 is 1.42 bits per heavy atom. The van der Waals surface area contributed by atoms with Gasteiger partial charge in [-0.05, 0) is 5.92 Å². The molecule has 0 amide bonds. The summed E-state index contributed by atoms with van der Waals surface area (Å²) in [4.78, 5) is 7.72. The molecule has 2 nitrogen and oxygen atoms in total. The highest BCUT2D eigenvalue weighted by atomic mass is 79.9. The minimum Gasteiger partial charge on any atom is -0.224 e. The zero-order valence-corrected chi connectivity index (χ0v) is 9.49. The molecule has 0 spiro atoms. The van der Waals surface area contributed by atoms with Gasteiger partial charge in [0.25, 0.3) is 0 Å². The third-order valence-electron chi connectivity index (χ3n) is 1.51. The largest absolute Gasteiger partial charge is 0.224 e. The van der Waals surface area contributed by atoms with Crippen LogP contribution in [0.2, 0.25) is 10.3 Å². The van der Waals surface area contributed by atoms with Gasteiger partial charge in [-0.2, -0.15) is 0 Å². The third-order valence-corrected chi connectivity index (χ3v) is 3.08. The van der Waals surface area contributed by atoms with Gasteiger partial charge >= 0.3 is 0 Å². The summed E-state index contributed by atoms with van der Waals surface area (Å²) in [7, 11) is 0. The smallest absolute Gasteiger partial charge is 0.137 e. The first-order valence-electron chi connectivity index (χ1n) is 3.38. The fraction of sp³-hybridized carbons (Fsp3) is 0.429. The molecular weight excluding hydrogens is 263 g/mol. The number of nitrogens with zero attached hydrogens (tertiary/aromatic N) is 2. The Balaban J connectivity index is 3.12. The van der Waals surface area contributed by atoms with Crippen molar-refractivity contribution in [3.05, 3.63) is 22.2 Å². The van der Waals surface area contributed by atoms with E-state index in [0.717, 1.165) is 10.9 Å². The summed E-state index contributed by atoms with van der Waals surface area (Å²) in [6.45, 7) is 2.01. The van der Waals surface area contributed by atoms with Crippen LogP contribution in [0.5, 0.6) is 0 Å². The number of alkyl halides is 1. The summed E-state index contributed by atoms with van der Waals surface area (Å²) in [6, 6.07) is 0. The van der Waals surface area contributed by atoms with Crippen LogP contribution in [-0.4, -0.2) is 15.3 Å². The van der Waals surface area contributed by atoms with Crippen LogP contribution in [0.4, 0.5) is 0 Å². The van der Waals surface area contributed by atoms with Crippen LogP contribution in [0, 0.1) is 0 Å². The lowest BCUT2D eigenvalue weighted by atomic mass is 10.1. The van der Waals surface area contributed by atoms with Crippen LogP contribution in [0.25, 0.3) is 0 Å². The molecule has 0 saturated heterocycles. The minimum atomic E-state index is 0.228. The van der Waals surface area contributed by atoms with Crippen molar-refractivity contribution < 1.29 is 0 Å². The highest BCUT2D eigenvalue weighted by molar-refractivity contribution is 9.09. The molecule has 0 radical (unpaired) electrons. The number of hydrogen-bond donors (Lipinski definition) is 0. The first-order valence-corrected chi connectivity index (χ1v) is 5.26. The standard InChI is InChI=1S/C7H7BrCl2N2/c1-4(2-8)5-6(9)11-3-12-7(5)10/h3-4H,2H2,1H3. The Bertz CT molecular complexity index is 260. The molecule has 0 aliphatic carbocycles. The van der Waals surface area contributed by atoms with Crippen LogP contribution < -0.4 is 0 Å². The second-order valence-electron chi connectivity index (χ2n) is 2.42. The van der Waals surface area contributed by atoms with E-state index in [4.69, 9.17) is 23.2 Å². The molecule has 5 heteroatoms. The Hall–Kier alpha value is 0.140. The van der Waals surface area contributed by atoms with Crippen molar-refractivity contribution in [3.8, 4) is 0 Å². The highest BCUT2D eigenvalue weighted by Crippen LogP contribution is 2.28. The molecule has 0 N–H and O–H groups in total. The second-order valence-corrected chi connectivity index (χ2v) is 3.79. The van der Waals surface area contributed by atoms with Gasteiger partial charge < -0.3 is 0 Å². The Kier molecular flexibility index (Phi) is 3.75. The van der Waals surface area contributed by atoms with E-state index in [-0.39, 0.29) is 5.92 Å². The van der Waals surface area contributed by atoms with Crippen LogP contribution in [-0.2, 0) is 0 Å². The lowest BCUT2D eigenvalue weighted by molar-refractivity contribution is 0.865. The first-order chi connectivity index (χ1) is 5.66. The molecule has 0 aliphatic heterocycles. The fourth-order valence-electron chi connectivity index (χ4n) is 0.838. The zero-order valence-electron chi connectivity index (χ0n) is 6.39. The summed E-state index contributed by atoms with van der Waals surface area (Å²) in [5.74, 6) is 0.228. The van der Waals surface area contributed by atoms with Crippen molar-refractivity contribution >= 4 is 39.1 Å². The summed E-state index contributed by atoms with van der Waals surface area (Å²) in [5.41, 5.74) is 0.803. The van der Waals surface area contributed by atoms with Gasteiger partial charge in [0.2, 0.25) is 0 Å². The summed E-state index contributed by atoms with van der Waals surface area (Å²) in [5, 5.41) is 1.66. The van der Waals surface area contributed by atoms with E-state index in [2.05, 4.69) is 25.9 Å². The SMILES string of the molecule is CC(CBr)c1c(Cl)ncnc1Cl. The molecule has 1 heterocycles. The number of halogens is 3. The molecule has 1 unspecified atom stereocenters. The molecule has 0 aromatic carbocycles. The van der Waals surface area contributed by atoms with Gasteiger partial charge in [0.1, 0.15) is 16.6 Å². The van der Waals surface area contributed by atoms with Crippen molar-refractivity contribution in [3.63, 3.8) is 0 Å². The lowest BCUT2D eigenvalue weighted by Gasteiger charge is -2.09. The van der Waals surface area contributed by atoms with Crippen molar-refractivity contribution in [1.82, 2.24) is 9.97 Å². The molecule has 12 heavy (non-hydrogen) atoms. The first kappa shape index (κ1) is 10.2. The maximum Gasteiger partial charge on any atom is 0.137 e. The minimum absolute atomic E-state index is 0.228. The van der Waals surface area contributed by atoms with Gasteiger partial charge in [-0.1, -0.05) is 46.1 Å². The highest BCUT2D eigenvalue weighted by Gasteiger charge is 2.14. The molecular formula is C7H7BrCl2N2. The predicted molar refractivity (Wildman–Crippen MR) is 54.3 cm³/mol. The van der Waals surface area contributed by atoms with Crippen molar-refractivity contribution in [2.45, 2.75) is 12.8 Å². The van der Waals surface area contributed by atoms with Gasteiger partial charge in [-0.25, -0.2) is 9.97 Å². The van der Waals surface area contributed by atoms with E-state index in [0.29, 0.717) is 10.3 Å². The molecule has 1 aromatic heterocycles. The molecule has 66 valence electrons. The second kappa shape index (κ2) is 4.40. The monoisotopic (exact) mass is 268 g/mol. The Morgan fingerprint density at radius 3 is 2.33 bits per heavy atom. The zero-order chi connectivity index (χ0) is 9.14. The average molecular weight is 270 g/mol. The van der Waals surface area contributed by atoms with Gasteiger partial charge in [0, 0.05) is 10.9 Å². The number of rotatable bonds is 2. The van der Waals surface area contributed by atoms with Gasteiger partial charge in [0.05, 0.1) is 0 Å². The molecule has 1 rings (SSSR count). The maximum absolute atomic E-state index is 5.85. The topological polar surface area (TPSA) is 25.8 Å². The molecule has 1 aromatic rings.